The molecule has 0 radical (unpaired) electrons. The first-order valence-electron chi connectivity index (χ1n) is 11.8. The van der Waals surface area contributed by atoms with Gasteiger partial charge in [-0.05, 0) is 49.1 Å². The standard InChI is InChI=1S/C25H25F2N3O4S2/c26-16-3-7-19(20(13-16)25(31)32)22-23(35-24(29-22)21-8-4-17(27)14-28-21)15-1-5-18(6-2-15)30-9-11-36(33,34)12-10-30/h1-2,4-6,8,14,16,19-20H,3,7,9-13H2,(H,31,32)/t16-,19+,20+/m0/s1. The number of carboxylic acids is 1. The fourth-order valence-corrected chi connectivity index (χ4v) is 7.24. The van der Waals surface area contributed by atoms with Gasteiger partial charge in [0.25, 0.3) is 0 Å². The number of pyridine rings is 1. The van der Waals surface area contributed by atoms with Gasteiger partial charge < -0.3 is 10.0 Å². The van der Waals surface area contributed by atoms with Crippen LogP contribution < -0.4 is 4.90 Å². The fourth-order valence-electron chi connectivity index (χ4n) is 4.92. The molecule has 1 saturated heterocycles. The Balaban J connectivity index is 1.52. The van der Waals surface area contributed by atoms with Gasteiger partial charge in [0.2, 0.25) is 0 Å². The maximum absolute atomic E-state index is 14.1. The Morgan fingerprint density at radius 2 is 1.81 bits per heavy atom. The first kappa shape index (κ1) is 24.8. The lowest BCUT2D eigenvalue weighted by Gasteiger charge is -2.30. The van der Waals surface area contributed by atoms with Gasteiger partial charge in [-0.25, -0.2) is 22.2 Å². The predicted molar refractivity (Wildman–Crippen MR) is 134 cm³/mol. The number of carbonyl (C=O) groups is 1. The van der Waals surface area contributed by atoms with E-state index in [9.17, 15) is 27.1 Å². The lowest BCUT2D eigenvalue weighted by molar-refractivity contribution is -0.144. The molecule has 1 saturated carbocycles. The van der Waals surface area contributed by atoms with Gasteiger partial charge in [0.05, 0.1) is 39.9 Å². The van der Waals surface area contributed by atoms with Gasteiger partial charge >= 0.3 is 5.97 Å². The number of hydrogen-bond donors (Lipinski definition) is 1. The van der Waals surface area contributed by atoms with Crippen LogP contribution in [0, 0.1) is 11.7 Å². The van der Waals surface area contributed by atoms with E-state index in [1.54, 1.807) is 0 Å². The van der Waals surface area contributed by atoms with Crippen LogP contribution in [0.25, 0.3) is 21.1 Å². The van der Waals surface area contributed by atoms with Crippen LogP contribution in [0.3, 0.4) is 0 Å². The summed E-state index contributed by atoms with van der Waals surface area (Å²) in [5.41, 5.74) is 2.81. The Bertz CT molecular complexity index is 1350. The SMILES string of the molecule is O=C(O)[C@@H]1C[C@@H](F)CC[C@H]1c1nc(-c2ccc(F)cn2)sc1-c1ccc(N2CCS(=O)(=O)CC2)cc1. The molecule has 0 spiro atoms. The molecular weight excluding hydrogens is 508 g/mol. The quantitative estimate of drug-likeness (QED) is 0.513. The summed E-state index contributed by atoms with van der Waals surface area (Å²) in [5.74, 6) is -2.62. The maximum Gasteiger partial charge on any atom is 0.307 e. The minimum Gasteiger partial charge on any atom is -0.481 e. The summed E-state index contributed by atoms with van der Waals surface area (Å²) in [6, 6.07) is 10.5. The number of anilines is 1. The summed E-state index contributed by atoms with van der Waals surface area (Å²) in [7, 11) is -2.99. The summed E-state index contributed by atoms with van der Waals surface area (Å²) in [4.78, 5) is 23.7. The van der Waals surface area contributed by atoms with Crippen LogP contribution in [-0.4, -0.2) is 60.2 Å². The number of carboxylic acid groups (broad SMARTS) is 1. The second-order valence-electron chi connectivity index (χ2n) is 9.24. The van der Waals surface area contributed by atoms with Crippen molar-refractivity contribution in [2.45, 2.75) is 31.4 Å². The van der Waals surface area contributed by atoms with Crippen LogP contribution in [0.4, 0.5) is 14.5 Å². The van der Waals surface area contributed by atoms with Crippen molar-refractivity contribution in [2.24, 2.45) is 5.92 Å². The monoisotopic (exact) mass is 533 g/mol. The zero-order chi connectivity index (χ0) is 25.4. The summed E-state index contributed by atoms with van der Waals surface area (Å²) in [5, 5.41) is 10.4. The molecule has 7 nitrogen and oxygen atoms in total. The number of nitrogens with zero attached hydrogens (tertiary/aromatic N) is 3. The molecule has 2 fully saturated rings. The van der Waals surface area contributed by atoms with Crippen LogP contribution in [0.2, 0.25) is 0 Å². The number of hydrogen-bond acceptors (Lipinski definition) is 7. The molecule has 0 unspecified atom stereocenters. The molecule has 3 heterocycles. The topological polar surface area (TPSA) is 100 Å². The molecule has 2 aliphatic rings. The van der Waals surface area contributed by atoms with Gasteiger partial charge in [-0.2, -0.15) is 0 Å². The number of halogens is 2. The highest BCUT2D eigenvalue weighted by Crippen LogP contribution is 2.46. The van der Waals surface area contributed by atoms with E-state index in [0.717, 1.165) is 22.3 Å². The first-order valence-corrected chi connectivity index (χ1v) is 14.4. The van der Waals surface area contributed by atoms with Crippen molar-refractivity contribution >= 4 is 32.8 Å². The van der Waals surface area contributed by atoms with Gasteiger partial charge in [-0.15, -0.1) is 11.3 Å². The second kappa shape index (κ2) is 9.85. The van der Waals surface area contributed by atoms with E-state index in [1.807, 2.05) is 29.2 Å². The van der Waals surface area contributed by atoms with Crippen LogP contribution in [-0.2, 0) is 14.6 Å². The number of sulfone groups is 1. The number of benzene rings is 1. The number of rotatable bonds is 5. The highest BCUT2D eigenvalue weighted by Gasteiger charge is 2.39. The molecule has 0 amide bonds. The van der Waals surface area contributed by atoms with Crippen molar-refractivity contribution in [3.8, 4) is 21.1 Å². The summed E-state index contributed by atoms with van der Waals surface area (Å²) in [6.07, 6.45) is 0.531. The third kappa shape index (κ3) is 5.12. The molecule has 3 atom stereocenters. The number of aliphatic carboxylic acids is 1. The minimum absolute atomic E-state index is 0.0576. The van der Waals surface area contributed by atoms with E-state index in [4.69, 9.17) is 4.98 Å². The molecule has 5 rings (SSSR count). The molecule has 1 aliphatic heterocycles. The van der Waals surface area contributed by atoms with Crippen molar-refractivity contribution in [1.82, 2.24) is 9.97 Å². The average Bonchev–Trinajstić information content (AvgIpc) is 3.30. The second-order valence-corrected chi connectivity index (χ2v) is 12.5. The Labute approximate surface area is 211 Å². The molecule has 2 aromatic heterocycles. The van der Waals surface area contributed by atoms with E-state index in [0.29, 0.717) is 35.9 Å². The zero-order valence-corrected chi connectivity index (χ0v) is 20.9. The average molecular weight is 534 g/mol. The molecular formula is C25H25F2N3O4S2. The number of alkyl halides is 1. The Morgan fingerprint density at radius 3 is 2.44 bits per heavy atom. The van der Waals surface area contributed by atoms with Gasteiger partial charge in [0.1, 0.15) is 17.0 Å². The molecule has 0 bridgehead atoms. The Kier molecular flexibility index (Phi) is 6.78. The lowest BCUT2D eigenvalue weighted by atomic mass is 9.76. The molecule has 1 aromatic carbocycles. The predicted octanol–water partition coefficient (Wildman–Crippen LogP) is 4.55. The largest absolute Gasteiger partial charge is 0.481 e. The highest BCUT2D eigenvalue weighted by atomic mass is 32.2. The number of aromatic nitrogens is 2. The van der Waals surface area contributed by atoms with Gasteiger partial charge in [0, 0.05) is 24.7 Å². The molecule has 190 valence electrons. The van der Waals surface area contributed by atoms with E-state index in [1.165, 1.54) is 23.5 Å². The van der Waals surface area contributed by atoms with Gasteiger partial charge in [-0.3, -0.25) is 9.78 Å². The molecule has 11 heteroatoms. The van der Waals surface area contributed by atoms with Crippen LogP contribution in [0.5, 0.6) is 0 Å². The van der Waals surface area contributed by atoms with Gasteiger partial charge in [-0.1, -0.05) is 12.1 Å². The van der Waals surface area contributed by atoms with Crippen molar-refractivity contribution < 1.29 is 27.1 Å². The fraction of sp³-hybridized carbons (Fsp3) is 0.400. The Morgan fingerprint density at radius 1 is 1.08 bits per heavy atom. The third-order valence-corrected chi connectivity index (χ3v) is 9.65. The van der Waals surface area contributed by atoms with Crippen molar-refractivity contribution in [3.63, 3.8) is 0 Å². The van der Waals surface area contributed by atoms with Gasteiger partial charge in [0.15, 0.2) is 9.84 Å². The lowest BCUT2D eigenvalue weighted by Crippen LogP contribution is -2.40. The third-order valence-electron chi connectivity index (χ3n) is 6.89. The van der Waals surface area contributed by atoms with E-state index in [-0.39, 0.29) is 24.3 Å². The number of thiazole rings is 1. The summed E-state index contributed by atoms with van der Waals surface area (Å²) >= 11 is 1.35. The first-order chi connectivity index (χ1) is 17.2. The van der Waals surface area contributed by atoms with Crippen molar-refractivity contribution in [2.75, 3.05) is 29.5 Å². The smallest absolute Gasteiger partial charge is 0.307 e. The van der Waals surface area contributed by atoms with E-state index in [2.05, 4.69) is 4.98 Å². The minimum atomic E-state index is -2.99. The molecule has 1 aliphatic carbocycles. The highest BCUT2D eigenvalue weighted by molar-refractivity contribution is 7.91. The normalized spacial score (nSPS) is 23.9. The van der Waals surface area contributed by atoms with Crippen LogP contribution >= 0.6 is 11.3 Å². The maximum atomic E-state index is 14.1. The molecule has 36 heavy (non-hydrogen) atoms. The van der Waals surface area contributed by atoms with E-state index >= 15 is 0 Å². The Hall–Kier alpha value is -2.92. The molecule has 1 N–H and O–H groups in total. The summed E-state index contributed by atoms with van der Waals surface area (Å²) < 4.78 is 51.1. The zero-order valence-electron chi connectivity index (χ0n) is 19.3. The van der Waals surface area contributed by atoms with E-state index < -0.39 is 39.6 Å². The van der Waals surface area contributed by atoms with Crippen molar-refractivity contribution in [1.29, 1.82) is 0 Å². The molecule has 3 aromatic rings. The van der Waals surface area contributed by atoms with Crippen LogP contribution in [0.1, 0.15) is 30.9 Å². The van der Waals surface area contributed by atoms with Crippen molar-refractivity contribution in [3.05, 3.63) is 54.1 Å². The summed E-state index contributed by atoms with van der Waals surface area (Å²) in [6.45, 7) is 0.862. The van der Waals surface area contributed by atoms with Crippen LogP contribution in [0.15, 0.2) is 42.6 Å².